The highest BCUT2D eigenvalue weighted by Crippen LogP contribution is 2.09. The van der Waals surface area contributed by atoms with Crippen molar-refractivity contribution in [1.29, 1.82) is 0 Å². The van der Waals surface area contributed by atoms with Gasteiger partial charge in [-0.1, -0.05) is 6.92 Å². The van der Waals surface area contributed by atoms with Crippen molar-refractivity contribution in [3.8, 4) is 0 Å². The first-order chi connectivity index (χ1) is 5.13. The van der Waals surface area contributed by atoms with Gasteiger partial charge in [-0.05, 0) is 6.42 Å². The third-order valence-corrected chi connectivity index (χ3v) is 1.49. The summed E-state index contributed by atoms with van der Waals surface area (Å²) >= 11 is 5.29. The highest BCUT2D eigenvalue weighted by atomic mass is 35.5. The first kappa shape index (κ1) is 10.3. The zero-order valence-corrected chi connectivity index (χ0v) is 7.06. The lowest BCUT2D eigenvalue weighted by molar-refractivity contribution is -0.132. The van der Waals surface area contributed by atoms with Crippen LogP contribution in [0.5, 0.6) is 0 Å². The molecule has 0 spiro atoms. The van der Waals surface area contributed by atoms with Crippen LogP contribution < -0.4 is 0 Å². The van der Waals surface area contributed by atoms with Crippen LogP contribution in [0.2, 0.25) is 0 Å². The van der Waals surface area contributed by atoms with Crippen LogP contribution in [-0.4, -0.2) is 22.1 Å². The molecule has 0 saturated carbocycles. The van der Waals surface area contributed by atoms with Crippen molar-refractivity contribution in [1.82, 2.24) is 0 Å². The van der Waals surface area contributed by atoms with Gasteiger partial charge in [-0.2, -0.15) is 0 Å². The second kappa shape index (κ2) is 5.02. The number of rotatable bonds is 4. The van der Waals surface area contributed by atoms with Gasteiger partial charge in [0.05, 0.1) is 11.5 Å². The summed E-state index contributed by atoms with van der Waals surface area (Å²) in [6, 6.07) is 0. The molecule has 0 rings (SSSR count). The average Bonchev–Trinajstić information content (AvgIpc) is 1.88. The second-order valence-electron chi connectivity index (χ2n) is 2.11. The van der Waals surface area contributed by atoms with Crippen molar-refractivity contribution >= 4 is 17.6 Å². The first-order valence-electron chi connectivity index (χ1n) is 3.33. The number of halogens is 1. The summed E-state index contributed by atoms with van der Waals surface area (Å²) in [5.41, 5.74) is -0.103. The Kier molecular flexibility index (Phi) is 4.70. The fraction of sp³-hybridized carbons (Fsp3) is 0.571. The van der Waals surface area contributed by atoms with E-state index in [2.05, 4.69) is 0 Å². The Balaban J connectivity index is 4.40. The molecule has 0 amide bonds. The Morgan fingerprint density at radius 1 is 1.45 bits per heavy atom. The van der Waals surface area contributed by atoms with Crippen molar-refractivity contribution in [2.75, 3.05) is 5.88 Å². The zero-order valence-electron chi connectivity index (χ0n) is 6.30. The number of carboxylic acid groups (broad SMARTS) is 1. The van der Waals surface area contributed by atoms with Gasteiger partial charge in [-0.25, -0.2) is 4.79 Å². The molecule has 0 atom stereocenters. The summed E-state index contributed by atoms with van der Waals surface area (Å²) < 4.78 is 0. The highest BCUT2D eigenvalue weighted by Gasteiger charge is 2.11. The van der Waals surface area contributed by atoms with Crippen LogP contribution in [-0.2, 0) is 4.79 Å². The van der Waals surface area contributed by atoms with Gasteiger partial charge in [-0.3, -0.25) is 0 Å². The number of hydrogen-bond donors (Lipinski definition) is 2. The minimum Gasteiger partial charge on any atom is -0.512 e. The molecule has 0 aromatic rings. The van der Waals surface area contributed by atoms with E-state index in [1.54, 1.807) is 0 Å². The van der Waals surface area contributed by atoms with Crippen LogP contribution in [0.25, 0.3) is 0 Å². The summed E-state index contributed by atoms with van der Waals surface area (Å²) in [5.74, 6) is -1.41. The molecule has 0 radical (unpaired) electrons. The minimum absolute atomic E-state index is 0.103. The summed E-state index contributed by atoms with van der Waals surface area (Å²) in [6.45, 7) is 1.85. The van der Waals surface area contributed by atoms with E-state index in [4.69, 9.17) is 21.8 Å². The quantitative estimate of drug-likeness (QED) is 0.393. The van der Waals surface area contributed by atoms with Crippen LogP contribution in [0.3, 0.4) is 0 Å². The molecule has 0 aliphatic carbocycles. The van der Waals surface area contributed by atoms with Crippen LogP contribution in [0.15, 0.2) is 11.3 Å². The third kappa shape index (κ3) is 3.28. The lowest BCUT2D eigenvalue weighted by atomic mass is 10.2. The fourth-order valence-corrected chi connectivity index (χ4v) is 0.914. The summed E-state index contributed by atoms with van der Waals surface area (Å²) in [5, 5.41) is 17.6. The number of carbonyl (C=O) groups is 1. The summed E-state index contributed by atoms with van der Waals surface area (Å²) in [7, 11) is 0. The molecule has 11 heavy (non-hydrogen) atoms. The number of hydrogen-bond acceptors (Lipinski definition) is 2. The molecule has 0 aliphatic rings. The molecule has 3 nitrogen and oxygen atoms in total. The average molecular weight is 179 g/mol. The molecule has 0 unspecified atom stereocenters. The smallest absolute Gasteiger partial charge is 0.336 e. The largest absolute Gasteiger partial charge is 0.512 e. The standard InChI is InChI=1S/C7H11ClO3/c1-2-3-6(9)5(4-8)7(10)11/h9H,2-4H2,1H3,(H,10,11). The van der Waals surface area contributed by atoms with Crippen molar-refractivity contribution < 1.29 is 15.0 Å². The molecule has 4 heteroatoms. The van der Waals surface area contributed by atoms with Crippen LogP contribution in [0, 0.1) is 0 Å². The van der Waals surface area contributed by atoms with Gasteiger partial charge >= 0.3 is 5.97 Å². The molecule has 0 heterocycles. The Bertz CT molecular complexity index is 175. The molecule has 0 aliphatic heterocycles. The van der Waals surface area contributed by atoms with E-state index in [9.17, 15) is 4.79 Å². The molecule has 0 saturated heterocycles. The van der Waals surface area contributed by atoms with E-state index >= 15 is 0 Å². The van der Waals surface area contributed by atoms with Crippen molar-refractivity contribution in [3.05, 3.63) is 11.3 Å². The number of allylic oxidation sites excluding steroid dienone is 1. The highest BCUT2D eigenvalue weighted by molar-refractivity contribution is 6.22. The fourth-order valence-electron chi connectivity index (χ4n) is 0.645. The molecule has 0 aromatic heterocycles. The number of carboxylic acids is 1. The van der Waals surface area contributed by atoms with Crippen LogP contribution in [0.1, 0.15) is 19.8 Å². The number of alkyl halides is 1. The van der Waals surface area contributed by atoms with Crippen molar-refractivity contribution in [2.24, 2.45) is 0 Å². The SMILES string of the molecule is CCCC(O)=C(CCl)C(=O)O. The van der Waals surface area contributed by atoms with Gasteiger partial charge in [0.2, 0.25) is 0 Å². The second-order valence-corrected chi connectivity index (χ2v) is 2.38. The predicted molar refractivity (Wildman–Crippen MR) is 42.9 cm³/mol. The molecule has 2 N–H and O–H groups in total. The lowest BCUT2D eigenvalue weighted by Gasteiger charge is -2.01. The molecule has 0 aromatic carbocycles. The molecular weight excluding hydrogens is 168 g/mol. The van der Waals surface area contributed by atoms with Gasteiger partial charge in [0.1, 0.15) is 5.76 Å². The topological polar surface area (TPSA) is 57.5 Å². The van der Waals surface area contributed by atoms with Crippen molar-refractivity contribution in [3.63, 3.8) is 0 Å². The molecule has 0 bridgehead atoms. The third-order valence-electron chi connectivity index (χ3n) is 1.23. The van der Waals surface area contributed by atoms with E-state index in [0.717, 1.165) is 0 Å². The Morgan fingerprint density at radius 2 is 2.00 bits per heavy atom. The number of aliphatic hydroxyl groups excluding tert-OH is 1. The van der Waals surface area contributed by atoms with Gasteiger partial charge in [0, 0.05) is 6.42 Å². The maximum Gasteiger partial charge on any atom is 0.336 e. The zero-order chi connectivity index (χ0) is 8.85. The van der Waals surface area contributed by atoms with E-state index < -0.39 is 5.97 Å². The van der Waals surface area contributed by atoms with E-state index in [1.807, 2.05) is 6.92 Å². The Labute approximate surface area is 70.3 Å². The van der Waals surface area contributed by atoms with Gasteiger partial charge < -0.3 is 10.2 Å². The number of aliphatic hydroxyl groups is 1. The van der Waals surface area contributed by atoms with Crippen molar-refractivity contribution in [2.45, 2.75) is 19.8 Å². The predicted octanol–water partition coefficient (Wildman–Crippen LogP) is 1.92. The lowest BCUT2D eigenvalue weighted by Crippen LogP contribution is -2.05. The molecule has 64 valence electrons. The van der Waals surface area contributed by atoms with E-state index in [-0.39, 0.29) is 17.2 Å². The summed E-state index contributed by atoms with van der Waals surface area (Å²) in [6.07, 6.45) is 1.08. The first-order valence-corrected chi connectivity index (χ1v) is 3.87. The van der Waals surface area contributed by atoms with Gasteiger partial charge in [-0.15, -0.1) is 11.6 Å². The molecular formula is C7H11ClO3. The van der Waals surface area contributed by atoms with Crippen LogP contribution in [0.4, 0.5) is 0 Å². The minimum atomic E-state index is -1.15. The monoisotopic (exact) mass is 178 g/mol. The van der Waals surface area contributed by atoms with E-state index in [1.165, 1.54) is 0 Å². The van der Waals surface area contributed by atoms with E-state index in [0.29, 0.717) is 12.8 Å². The Morgan fingerprint density at radius 3 is 2.27 bits per heavy atom. The molecule has 0 fully saturated rings. The normalized spacial score (nSPS) is 12.5. The maximum atomic E-state index is 10.3. The number of aliphatic carboxylic acids is 1. The summed E-state index contributed by atoms with van der Waals surface area (Å²) in [4.78, 5) is 10.3. The Hall–Kier alpha value is -0.700. The van der Waals surface area contributed by atoms with Gasteiger partial charge in [0.15, 0.2) is 0 Å². The van der Waals surface area contributed by atoms with Gasteiger partial charge in [0.25, 0.3) is 0 Å². The maximum absolute atomic E-state index is 10.3. The van der Waals surface area contributed by atoms with Crippen LogP contribution >= 0.6 is 11.6 Å².